The van der Waals surface area contributed by atoms with Crippen molar-refractivity contribution in [1.82, 2.24) is 0 Å². The second kappa shape index (κ2) is 5.01. The fraction of sp³-hybridized carbons (Fsp3) is 0.500. The zero-order chi connectivity index (χ0) is 10.6. The van der Waals surface area contributed by atoms with E-state index in [-0.39, 0.29) is 0 Å². The number of rotatable bonds is 4. The Bertz CT molecular complexity index is 285. The second-order valence-electron chi connectivity index (χ2n) is 3.82. The quantitative estimate of drug-likeness (QED) is 0.771. The lowest BCUT2D eigenvalue weighted by Gasteiger charge is -2.21. The van der Waals surface area contributed by atoms with E-state index >= 15 is 0 Å². The third kappa shape index (κ3) is 2.48. The maximum Gasteiger partial charge on any atom is 0.115 e. The van der Waals surface area contributed by atoms with Crippen LogP contribution in [0.2, 0.25) is 0 Å². The minimum Gasteiger partial charge on any atom is -0.508 e. The predicted octanol–water partition coefficient (Wildman–Crippen LogP) is 2.48. The molecule has 3 N–H and O–H groups in total. The molecule has 1 aromatic rings. The van der Waals surface area contributed by atoms with Crippen LogP contribution in [0.4, 0.5) is 0 Å². The van der Waals surface area contributed by atoms with E-state index in [2.05, 4.69) is 19.9 Å². The molecule has 0 saturated heterocycles. The molecule has 2 atom stereocenters. The monoisotopic (exact) mass is 193 g/mol. The van der Waals surface area contributed by atoms with Crippen molar-refractivity contribution in [3.8, 4) is 5.75 Å². The van der Waals surface area contributed by atoms with Crippen LogP contribution in [-0.4, -0.2) is 11.7 Å². The van der Waals surface area contributed by atoms with Gasteiger partial charge in [0.1, 0.15) is 5.75 Å². The maximum atomic E-state index is 9.38. The summed E-state index contributed by atoms with van der Waals surface area (Å²) in [4.78, 5) is 0. The van der Waals surface area contributed by atoms with E-state index < -0.39 is 0 Å². The smallest absolute Gasteiger partial charge is 0.115 e. The minimum absolute atomic E-state index is 0.338. The van der Waals surface area contributed by atoms with Gasteiger partial charge in [-0.2, -0.15) is 0 Å². The Morgan fingerprint density at radius 2 is 2.14 bits per heavy atom. The molecular weight excluding hydrogens is 174 g/mol. The van der Waals surface area contributed by atoms with Gasteiger partial charge in [-0.05, 0) is 42.5 Å². The van der Waals surface area contributed by atoms with Crippen LogP contribution in [0, 0.1) is 5.92 Å². The van der Waals surface area contributed by atoms with Gasteiger partial charge >= 0.3 is 0 Å². The van der Waals surface area contributed by atoms with Gasteiger partial charge in [0.25, 0.3) is 0 Å². The van der Waals surface area contributed by atoms with Gasteiger partial charge in [0.15, 0.2) is 0 Å². The van der Waals surface area contributed by atoms with Gasteiger partial charge in [0.2, 0.25) is 0 Å². The van der Waals surface area contributed by atoms with Gasteiger partial charge in [-0.15, -0.1) is 0 Å². The van der Waals surface area contributed by atoms with Crippen molar-refractivity contribution in [1.29, 1.82) is 0 Å². The molecule has 0 aliphatic rings. The Morgan fingerprint density at radius 3 is 2.64 bits per heavy atom. The van der Waals surface area contributed by atoms with Crippen LogP contribution in [0.25, 0.3) is 0 Å². The average molecular weight is 193 g/mol. The molecule has 14 heavy (non-hydrogen) atoms. The first-order chi connectivity index (χ1) is 6.69. The van der Waals surface area contributed by atoms with Crippen LogP contribution < -0.4 is 5.73 Å². The van der Waals surface area contributed by atoms with Gasteiger partial charge < -0.3 is 10.8 Å². The summed E-state index contributed by atoms with van der Waals surface area (Å²) < 4.78 is 0. The summed E-state index contributed by atoms with van der Waals surface area (Å²) in [6.45, 7) is 4.99. The van der Waals surface area contributed by atoms with Crippen LogP contribution in [0.3, 0.4) is 0 Å². The molecule has 2 heteroatoms. The molecular formula is C12H19NO. The lowest BCUT2D eigenvalue weighted by atomic mass is 9.85. The van der Waals surface area contributed by atoms with Crippen LogP contribution in [-0.2, 0) is 0 Å². The van der Waals surface area contributed by atoms with E-state index in [9.17, 15) is 5.11 Å². The molecule has 0 aliphatic carbocycles. The number of aromatic hydroxyl groups is 1. The summed E-state index contributed by atoms with van der Waals surface area (Å²) >= 11 is 0. The first kappa shape index (κ1) is 11.1. The average Bonchev–Trinajstić information content (AvgIpc) is 2.19. The summed E-state index contributed by atoms with van der Waals surface area (Å²) in [6, 6.07) is 7.47. The molecule has 1 aromatic carbocycles. The first-order valence-electron chi connectivity index (χ1n) is 5.18. The van der Waals surface area contributed by atoms with Crippen molar-refractivity contribution < 1.29 is 5.11 Å². The molecule has 1 rings (SSSR count). The van der Waals surface area contributed by atoms with Gasteiger partial charge in [0.05, 0.1) is 0 Å². The first-order valence-corrected chi connectivity index (χ1v) is 5.18. The molecule has 0 aromatic heterocycles. The Morgan fingerprint density at radius 1 is 1.43 bits per heavy atom. The van der Waals surface area contributed by atoms with Crippen molar-refractivity contribution in [3.05, 3.63) is 29.8 Å². The van der Waals surface area contributed by atoms with Crippen LogP contribution in [0.1, 0.15) is 31.7 Å². The van der Waals surface area contributed by atoms with Crippen molar-refractivity contribution in [2.45, 2.75) is 26.2 Å². The molecule has 0 amide bonds. The molecule has 2 nitrogen and oxygen atoms in total. The number of phenols is 1. The van der Waals surface area contributed by atoms with Gasteiger partial charge in [-0.25, -0.2) is 0 Å². The summed E-state index contributed by atoms with van der Waals surface area (Å²) in [5.74, 6) is 1.25. The van der Waals surface area contributed by atoms with Crippen LogP contribution in [0.5, 0.6) is 5.75 Å². The molecule has 0 radical (unpaired) electrons. The van der Waals surface area contributed by atoms with Gasteiger partial charge in [-0.3, -0.25) is 0 Å². The minimum atomic E-state index is 0.338. The molecule has 0 spiro atoms. The number of hydrogen-bond acceptors (Lipinski definition) is 2. The number of hydrogen-bond donors (Lipinski definition) is 2. The van der Waals surface area contributed by atoms with Gasteiger partial charge in [0, 0.05) is 0 Å². The van der Waals surface area contributed by atoms with E-state index in [0.29, 0.717) is 24.1 Å². The Labute approximate surface area is 85.8 Å². The number of benzene rings is 1. The van der Waals surface area contributed by atoms with Gasteiger partial charge in [-0.1, -0.05) is 26.0 Å². The summed E-state index contributed by atoms with van der Waals surface area (Å²) in [5.41, 5.74) is 6.85. The fourth-order valence-electron chi connectivity index (χ4n) is 1.89. The molecule has 0 fully saturated rings. The molecule has 0 heterocycles. The lowest BCUT2D eigenvalue weighted by Crippen LogP contribution is -2.18. The predicted molar refractivity (Wildman–Crippen MR) is 59.4 cm³/mol. The van der Waals surface area contributed by atoms with E-state index in [1.807, 2.05) is 12.1 Å². The topological polar surface area (TPSA) is 46.2 Å². The number of phenolic OH excluding ortho intramolecular Hbond substituents is 1. The highest BCUT2D eigenvalue weighted by Gasteiger charge is 2.16. The SMILES string of the molecule is CCC(c1cccc(O)c1)C(C)CN. The Kier molecular flexibility index (Phi) is 3.96. The van der Waals surface area contributed by atoms with E-state index in [1.165, 1.54) is 5.56 Å². The highest BCUT2D eigenvalue weighted by molar-refractivity contribution is 5.30. The highest BCUT2D eigenvalue weighted by Crippen LogP contribution is 2.29. The standard InChI is InChI=1S/C12H19NO/c1-3-12(9(2)8-13)10-5-4-6-11(14)7-10/h4-7,9,12,14H,3,8,13H2,1-2H3. The van der Waals surface area contributed by atoms with E-state index in [1.54, 1.807) is 6.07 Å². The molecule has 78 valence electrons. The lowest BCUT2D eigenvalue weighted by molar-refractivity contribution is 0.447. The normalized spacial score (nSPS) is 15.1. The summed E-state index contributed by atoms with van der Waals surface area (Å²) in [7, 11) is 0. The maximum absolute atomic E-state index is 9.38. The summed E-state index contributed by atoms with van der Waals surface area (Å²) in [5, 5.41) is 9.38. The van der Waals surface area contributed by atoms with Crippen LogP contribution in [0.15, 0.2) is 24.3 Å². The number of nitrogens with two attached hydrogens (primary N) is 1. The second-order valence-corrected chi connectivity index (χ2v) is 3.82. The third-order valence-electron chi connectivity index (χ3n) is 2.80. The Hall–Kier alpha value is -1.02. The van der Waals surface area contributed by atoms with Crippen molar-refractivity contribution in [3.63, 3.8) is 0 Å². The molecule has 0 saturated carbocycles. The Balaban J connectivity index is 2.89. The van der Waals surface area contributed by atoms with Crippen molar-refractivity contribution >= 4 is 0 Å². The summed E-state index contributed by atoms with van der Waals surface area (Å²) in [6.07, 6.45) is 1.06. The van der Waals surface area contributed by atoms with Crippen molar-refractivity contribution in [2.24, 2.45) is 11.7 Å². The van der Waals surface area contributed by atoms with E-state index in [0.717, 1.165) is 6.42 Å². The van der Waals surface area contributed by atoms with Crippen molar-refractivity contribution in [2.75, 3.05) is 6.54 Å². The molecule has 0 aliphatic heterocycles. The fourth-order valence-corrected chi connectivity index (χ4v) is 1.89. The molecule has 0 bridgehead atoms. The largest absolute Gasteiger partial charge is 0.508 e. The third-order valence-corrected chi connectivity index (χ3v) is 2.80. The zero-order valence-corrected chi connectivity index (χ0v) is 8.90. The zero-order valence-electron chi connectivity index (χ0n) is 8.90. The van der Waals surface area contributed by atoms with Crippen LogP contribution >= 0.6 is 0 Å². The van der Waals surface area contributed by atoms with E-state index in [4.69, 9.17) is 5.73 Å². The molecule has 2 unspecified atom stereocenters. The highest BCUT2D eigenvalue weighted by atomic mass is 16.3.